The molecule has 0 aliphatic heterocycles. The third kappa shape index (κ3) is 1.94. The van der Waals surface area contributed by atoms with Crippen molar-refractivity contribution in [2.75, 3.05) is 0 Å². The number of nitrogens with zero attached hydrogens (tertiary/aromatic N) is 4. The van der Waals surface area contributed by atoms with Crippen LogP contribution in [0.3, 0.4) is 0 Å². The van der Waals surface area contributed by atoms with Crippen molar-refractivity contribution in [2.45, 2.75) is 0 Å². The van der Waals surface area contributed by atoms with Crippen LogP contribution in [0.2, 0.25) is 5.15 Å². The van der Waals surface area contributed by atoms with Gasteiger partial charge in [0.15, 0.2) is 5.82 Å². The van der Waals surface area contributed by atoms with Crippen LogP contribution in [0.1, 0.15) is 0 Å². The van der Waals surface area contributed by atoms with Crippen molar-refractivity contribution in [2.24, 2.45) is 0 Å². The molecule has 0 N–H and O–H groups in total. The van der Waals surface area contributed by atoms with Crippen LogP contribution in [0.15, 0.2) is 42.9 Å². The van der Waals surface area contributed by atoms with E-state index >= 15 is 0 Å². The first-order valence-electron chi connectivity index (χ1n) is 5.02. The summed E-state index contributed by atoms with van der Waals surface area (Å²) in [6, 6.07) is 7.20. The zero-order valence-electron chi connectivity index (χ0n) is 8.71. The molecule has 0 aromatic carbocycles. The maximum Gasteiger partial charge on any atom is 0.160 e. The number of hydrogen-bond donors (Lipinski definition) is 0. The van der Waals surface area contributed by atoms with Gasteiger partial charge in [-0.05, 0) is 24.3 Å². The van der Waals surface area contributed by atoms with E-state index in [0.29, 0.717) is 11.0 Å². The molecule has 0 fully saturated rings. The number of fused-ring (bicyclic) bond motifs is 1. The molecule has 5 heteroatoms. The third-order valence-electron chi connectivity index (χ3n) is 2.33. The normalized spacial score (nSPS) is 10.6. The predicted molar refractivity (Wildman–Crippen MR) is 65.6 cm³/mol. The van der Waals surface area contributed by atoms with Crippen LogP contribution < -0.4 is 0 Å². The Hall–Kier alpha value is -2.07. The van der Waals surface area contributed by atoms with E-state index < -0.39 is 0 Å². The summed E-state index contributed by atoms with van der Waals surface area (Å²) < 4.78 is 0. The Kier molecular flexibility index (Phi) is 2.42. The molecule has 3 aromatic rings. The minimum absolute atomic E-state index is 0.449. The molecule has 4 nitrogen and oxygen atoms in total. The molecule has 0 unspecified atom stereocenters. The van der Waals surface area contributed by atoms with Gasteiger partial charge in [0, 0.05) is 24.2 Å². The van der Waals surface area contributed by atoms with Gasteiger partial charge in [0.25, 0.3) is 0 Å². The van der Waals surface area contributed by atoms with Crippen molar-refractivity contribution in [3.8, 4) is 11.4 Å². The number of halogens is 1. The Morgan fingerprint density at radius 3 is 2.59 bits per heavy atom. The summed E-state index contributed by atoms with van der Waals surface area (Å²) in [5, 5.41) is 0.449. The smallest absolute Gasteiger partial charge is 0.160 e. The molecule has 3 heterocycles. The molecule has 0 saturated carbocycles. The van der Waals surface area contributed by atoms with Gasteiger partial charge >= 0.3 is 0 Å². The summed E-state index contributed by atoms with van der Waals surface area (Å²) in [5.41, 5.74) is 2.37. The van der Waals surface area contributed by atoms with Gasteiger partial charge in [-0.2, -0.15) is 0 Å². The average molecular weight is 243 g/mol. The van der Waals surface area contributed by atoms with Crippen molar-refractivity contribution in [1.29, 1.82) is 0 Å². The highest BCUT2D eigenvalue weighted by Crippen LogP contribution is 2.19. The number of pyridine rings is 2. The lowest BCUT2D eigenvalue weighted by molar-refractivity contribution is 1.17. The molecule has 0 bridgehead atoms. The van der Waals surface area contributed by atoms with Gasteiger partial charge in [0.2, 0.25) is 0 Å². The van der Waals surface area contributed by atoms with Crippen molar-refractivity contribution < 1.29 is 0 Å². The Bertz CT molecular complexity index is 670. The molecular formula is C12H7ClN4. The monoisotopic (exact) mass is 242 g/mol. The average Bonchev–Trinajstić information content (AvgIpc) is 2.39. The standard InChI is InChI=1S/C12H7ClN4/c13-11-3-2-9-10(17-11)6-8(7-16-9)12-14-4-1-5-15-12/h1-7H. The predicted octanol–water partition coefficient (Wildman–Crippen LogP) is 2.74. The lowest BCUT2D eigenvalue weighted by Gasteiger charge is -2.01. The molecule has 3 aromatic heterocycles. The van der Waals surface area contributed by atoms with E-state index in [9.17, 15) is 0 Å². The van der Waals surface area contributed by atoms with Gasteiger partial charge in [0.1, 0.15) is 5.15 Å². The third-order valence-corrected chi connectivity index (χ3v) is 2.54. The summed E-state index contributed by atoms with van der Waals surface area (Å²) in [4.78, 5) is 16.8. The van der Waals surface area contributed by atoms with Gasteiger partial charge in [-0.3, -0.25) is 4.98 Å². The van der Waals surface area contributed by atoms with Crippen LogP contribution in [-0.2, 0) is 0 Å². The van der Waals surface area contributed by atoms with Gasteiger partial charge in [-0.1, -0.05) is 11.6 Å². The minimum atomic E-state index is 0.449. The van der Waals surface area contributed by atoms with Crippen molar-refractivity contribution in [3.63, 3.8) is 0 Å². The van der Waals surface area contributed by atoms with Crippen LogP contribution >= 0.6 is 11.6 Å². The molecule has 0 aliphatic rings. The van der Waals surface area contributed by atoms with E-state index in [1.807, 2.05) is 12.1 Å². The summed E-state index contributed by atoms with van der Waals surface area (Å²) in [6.07, 6.45) is 5.11. The van der Waals surface area contributed by atoms with Crippen LogP contribution in [0.25, 0.3) is 22.4 Å². The SMILES string of the molecule is Clc1ccc2ncc(-c3ncccn3)cc2n1. The van der Waals surface area contributed by atoms with E-state index in [2.05, 4.69) is 19.9 Å². The van der Waals surface area contributed by atoms with Crippen molar-refractivity contribution in [1.82, 2.24) is 19.9 Å². The fourth-order valence-corrected chi connectivity index (χ4v) is 1.71. The zero-order chi connectivity index (χ0) is 11.7. The van der Waals surface area contributed by atoms with Crippen LogP contribution in [0.5, 0.6) is 0 Å². The Morgan fingerprint density at radius 2 is 1.76 bits per heavy atom. The van der Waals surface area contributed by atoms with Crippen LogP contribution in [-0.4, -0.2) is 19.9 Å². The fourth-order valence-electron chi connectivity index (χ4n) is 1.55. The number of aromatic nitrogens is 4. The molecule has 3 rings (SSSR count). The summed E-state index contributed by atoms with van der Waals surface area (Å²) in [5.74, 6) is 0.628. The first-order chi connectivity index (χ1) is 8.33. The molecule has 0 radical (unpaired) electrons. The van der Waals surface area contributed by atoms with E-state index in [0.717, 1.165) is 16.6 Å². The van der Waals surface area contributed by atoms with Crippen LogP contribution in [0.4, 0.5) is 0 Å². The van der Waals surface area contributed by atoms with Crippen molar-refractivity contribution >= 4 is 22.6 Å². The molecule has 0 saturated heterocycles. The van der Waals surface area contributed by atoms with E-state index in [1.54, 1.807) is 30.7 Å². The first-order valence-corrected chi connectivity index (χ1v) is 5.40. The molecule has 0 atom stereocenters. The maximum atomic E-state index is 5.85. The largest absolute Gasteiger partial charge is 0.254 e. The Balaban J connectivity index is 2.19. The second-order valence-electron chi connectivity index (χ2n) is 3.47. The second-order valence-corrected chi connectivity index (χ2v) is 3.86. The van der Waals surface area contributed by atoms with Gasteiger partial charge in [-0.15, -0.1) is 0 Å². The first kappa shape index (κ1) is 10.1. The second kappa shape index (κ2) is 4.07. The molecule has 82 valence electrons. The highest BCUT2D eigenvalue weighted by atomic mass is 35.5. The lowest BCUT2D eigenvalue weighted by Crippen LogP contribution is -1.90. The van der Waals surface area contributed by atoms with E-state index in [1.165, 1.54) is 0 Å². The lowest BCUT2D eigenvalue weighted by atomic mass is 10.2. The topological polar surface area (TPSA) is 51.6 Å². The Morgan fingerprint density at radius 1 is 0.941 bits per heavy atom. The van der Waals surface area contributed by atoms with Crippen LogP contribution in [0, 0.1) is 0 Å². The molecular weight excluding hydrogens is 236 g/mol. The summed E-state index contributed by atoms with van der Waals surface area (Å²) in [7, 11) is 0. The minimum Gasteiger partial charge on any atom is -0.254 e. The molecule has 17 heavy (non-hydrogen) atoms. The maximum absolute atomic E-state index is 5.85. The number of rotatable bonds is 1. The van der Waals surface area contributed by atoms with Crippen molar-refractivity contribution in [3.05, 3.63) is 48.0 Å². The van der Waals surface area contributed by atoms with E-state index in [4.69, 9.17) is 11.6 Å². The fraction of sp³-hybridized carbons (Fsp3) is 0. The quantitative estimate of drug-likeness (QED) is 0.616. The highest BCUT2D eigenvalue weighted by Gasteiger charge is 2.04. The molecule has 0 amide bonds. The Labute approximate surface area is 102 Å². The number of hydrogen-bond acceptors (Lipinski definition) is 4. The zero-order valence-corrected chi connectivity index (χ0v) is 9.46. The molecule has 0 aliphatic carbocycles. The highest BCUT2D eigenvalue weighted by molar-refractivity contribution is 6.29. The van der Waals surface area contributed by atoms with Gasteiger partial charge in [0.05, 0.1) is 11.0 Å². The van der Waals surface area contributed by atoms with E-state index in [-0.39, 0.29) is 0 Å². The van der Waals surface area contributed by atoms with Gasteiger partial charge < -0.3 is 0 Å². The summed E-state index contributed by atoms with van der Waals surface area (Å²) >= 11 is 5.85. The van der Waals surface area contributed by atoms with Gasteiger partial charge in [-0.25, -0.2) is 15.0 Å². The summed E-state index contributed by atoms with van der Waals surface area (Å²) in [6.45, 7) is 0. The molecule has 0 spiro atoms.